The summed E-state index contributed by atoms with van der Waals surface area (Å²) in [6, 6.07) is 7.17. The van der Waals surface area contributed by atoms with Crippen LogP contribution in [0.4, 0.5) is 0 Å². The van der Waals surface area contributed by atoms with E-state index in [1.165, 1.54) is 30.5 Å². The van der Waals surface area contributed by atoms with E-state index in [-0.39, 0.29) is 5.41 Å². The van der Waals surface area contributed by atoms with Crippen LogP contribution in [-0.2, 0) is 11.8 Å². The Labute approximate surface area is 144 Å². The van der Waals surface area contributed by atoms with Gasteiger partial charge in [0.1, 0.15) is 5.75 Å². The molecule has 1 saturated heterocycles. The van der Waals surface area contributed by atoms with Crippen molar-refractivity contribution in [1.29, 1.82) is 0 Å². The van der Waals surface area contributed by atoms with Gasteiger partial charge in [0, 0.05) is 24.2 Å². The second-order valence-electron chi connectivity index (χ2n) is 7.93. The summed E-state index contributed by atoms with van der Waals surface area (Å²) in [5.74, 6) is 2.42. The summed E-state index contributed by atoms with van der Waals surface area (Å²) in [5.41, 5.74) is 2.93. The summed E-state index contributed by atoms with van der Waals surface area (Å²) < 4.78 is 5.49. The lowest BCUT2D eigenvalue weighted by atomic mass is 9.56. The van der Waals surface area contributed by atoms with Gasteiger partial charge < -0.3 is 9.94 Å². The van der Waals surface area contributed by atoms with Crippen LogP contribution in [-0.4, -0.2) is 42.6 Å². The van der Waals surface area contributed by atoms with Crippen molar-refractivity contribution < 1.29 is 9.94 Å². The number of hydrogen-bond donors (Lipinski definition) is 1. The minimum atomic E-state index is 0.0685. The van der Waals surface area contributed by atoms with E-state index in [9.17, 15) is 0 Å². The molecule has 0 amide bonds. The number of fused-ring (bicyclic) bond motifs is 4. The van der Waals surface area contributed by atoms with Crippen molar-refractivity contribution in [1.82, 2.24) is 4.90 Å². The van der Waals surface area contributed by atoms with Gasteiger partial charge in [0.15, 0.2) is 0 Å². The van der Waals surface area contributed by atoms with Gasteiger partial charge in [-0.1, -0.05) is 13.0 Å². The lowest BCUT2D eigenvalue weighted by molar-refractivity contribution is 0.0232. The first kappa shape index (κ1) is 15.9. The van der Waals surface area contributed by atoms with E-state index >= 15 is 0 Å². The predicted molar refractivity (Wildman–Crippen MR) is 95.1 cm³/mol. The Balaban J connectivity index is 1.74. The summed E-state index contributed by atoms with van der Waals surface area (Å²) in [6.45, 7) is 4.82. The van der Waals surface area contributed by atoms with Crippen molar-refractivity contribution in [2.24, 2.45) is 17.0 Å². The molecule has 1 aromatic carbocycles. The minimum absolute atomic E-state index is 0.0685. The molecule has 0 radical (unpaired) electrons. The molecule has 2 bridgehead atoms. The first-order chi connectivity index (χ1) is 11.7. The average Bonchev–Trinajstić information content (AvgIpc) is 3.41. The van der Waals surface area contributed by atoms with Crippen molar-refractivity contribution in [3.63, 3.8) is 0 Å². The number of piperidine rings is 1. The van der Waals surface area contributed by atoms with Crippen LogP contribution in [0, 0.1) is 11.8 Å². The van der Waals surface area contributed by atoms with Crippen molar-refractivity contribution in [3.8, 4) is 5.75 Å². The Morgan fingerprint density at radius 3 is 2.96 bits per heavy atom. The fraction of sp³-hybridized carbons (Fsp3) is 0.650. The second kappa shape index (κ2) is 6.07. The fourth-order valence-electron chi connectivity index (χ4n) is 5.12. The summed E-state index contributed by atoms with van der Waals surface area (Å²) in [6.07, 6.45) is 7.58. The highest BCUT2D eigenvalue weighted by atomic mass is 16.5. The van der Waals surface area contributed by atoms with Crippen LogP contribution in [0.1, 0.15) is 43.7 Å². The highest BCUT2D eigenvalue weighted by Gasteiger charge is 2.51. The fourth-order valence-corrected chi connectivity index (χ4v) is 5.12. The molecule has 1 saturated carbocycles. The number of nitrogens with zero attached hydrogens (tertiary/aromatic N) is 2. The molecule has 1 N–H and O–H groups in total. The maximum atomic E-state index is 9.04. The molecular formula is C20H28N2O2. The molecule has 3 atom stereocenters. The van der Waals surface area contributed by atoms with Crippen LogP contribution in [0.3, 0.4) is 0 Å². The van der Waals surface area contributed by atoms with Crippen molar-refractivity contribution in [2.45, 2.75) is 50.5 Å². The molecule has 0 aromatic heterocycles. The molecule has 0 unspecified atom stereocenters. The van der Waals surface area contributed by atoms with E-state index in [1.807, 2.05) is 0 Å². The van der Waals surface area contributed by atoms with Gasteiger partial charge >= 0.3 is 0 Å². The third-order valence-corrected chi connectivity index (χ3v) is 6.77. The van der Waals surface area contributed by atoms with E-state index in [2.05, 4.69) is 35.2 Å². The number of benzene rings is 1. The number of ether oxygens (including phenoxy) is 1. The summed E-state index contributed by atoms with van der Waals surface area (Å²) >= 11 is 0. The van der Waals surface area contributed by atoms with E-state index in [1.54, 1.807) is 13.3 Å². The first-order valence-corrected chi connectivity index (χ1v) is 9.25. The van der Waals surface area contributed by atoms with Gasteiger partial charge in [-0.2, -0.15) is 0 Å². The Hall–Kier alpha value is -1.55. The van der Waals surface area contributed by atoms with Crippen molar-refractivity contribution >= 4 is 6.21 Å². The largest absolute Gasteiger partial charge is 0.497 e. The number of hydrogen-bond acceptors (Lipinski definition) is 4. The minimum Gasteiger partial charge on any atom is -0.497 e. The zero-order valence-corrected chi connectivity index (χ0v) is 14.7. The smallest absolute Gasteiger partial charge is 0.119 e. The van der Waals surface area contributed by atoms with Crippen LogP contribution >= 0.6 is 0 Å². The van der Waals surface area contributed by atoms with Gasteiger partial charge in [-0.15, -0.1) is 5.16 Å². The van der Waals surface area contributed by atoms with Gasteiger partial charge in [-0.25, -0.2) is 0 Å². The summed E-state index contributed by atoms with van der Waals surface area (Å²) in [4.78, 5) is 2.74. The lowest BCUT2D eigenvalue weighted by Crippen LogP contribution is -2.59. The van der Waals surface area contributed by atoms with Crippen LogP contribution in [0.2, 0.25) is 0 Å². The third-order valence-electron chi connectivity index (χ3n) is 6.77. The highest BCUT2D eigenvalue weighted by Crippen LogP contribution is 2.51. The molecule has 2 fully saturated rings. The molecule has 130 valence electrons. The molecule has 0 spiro atoms. The molecule has 4 heteroatoms. The normalized spacial score (nSPS) is 32.8. The maximum absolute atomic E-state index is 9.04. The van der Waals surface area contributed by atoms with Gasteiger partial charge in [-0.05, 0) is 73.7 Å². The maximum Gasteiger partial charge on any atom is 0.119 e. The molecule has 2 aliphatic carbocycles. The standard InChI is InChI=1S/C20H28N2O2/c1-14-19-11-16-5-6-17(24-2)12-18(16)20(14,7-9-21-23)8-10-22(19)13-15-3-4-15/h5-6,9,12,14-15,19,23H,3-4,7-8,10-11,13H2,1-2H3/b21-9+/t14-,19+,20-/m0/s1. The number of oxime groups is 1. The second-order valence-corrected chi connectivity index (χ2v) is 7.93. The summed E-state index contributed by atoms with van der Waals surface area (Å²) in [5, 5.41) is 12.4. The van der Waals surface area contributed by atoms with Gasteiger partial charge in [0.05, 0.1) is 7.11 Å². The lowest BCUT2D eigenvalue weighted by Gasteiger charge is -2.56. The van der Waals surface area contributed by atoms with E-state index in [0.29, 0.717) is 12.0 Å². The highest BCUT2D eigenvalue weighted by molar-refractivity contribution is 5.61. The monoisotopic (exact) mass is 328 g/mol. The van der Waals surface area contributed by atoms with Crippen LogP contribution in [0.15, 0.2) is 23.4 Å². The molecule has 1 aliphatic heterocycles. The molecule has 3 aliphatic rings. The zero-order valence-electron chi connectivity index (χ0n) is 14.7. The Bertz CT molecular complexity index is 641. The van der Waals surface area contributed by atoms with Crippen molar-refractivity contribution in [2.75, 3.05) is 20.2 Å². The van der Waals surface area contributed by atoms with E-state index < -0.39 is 0 Å². The van der Waals surface area contributed by atoms with Crippen LogP contribution in [0.5, 0.6) is 5.75 Å². The average molecular weight is 328 g/mol. The van der Waals surface area contributed by atoms with Gasteiger partial charge in [0.25, 0.3) is 0 Å². The molecule has 1 aromatic rings. The topological polar surface area (TPSA) is 45.1 Å². The Morgan fingerprint density at radius 1 is 1.42 bits per heavy atom. The Morgan fingerprint density at radius 2 is 2.25 bits per heavy atom. The molecule has 4 rings (SSSR count). The number of likely N-dealkylation sites (tertiary alicyclic amines) is 1. The third kappa shape index (κ3) is 2.52. The molecule has 1 heterocycles. The molecular weight excluding hydrogens is 300 g/mol. The SMILES string of the molecule is COc1ccc2c(c1)[C@@]1(C/C=N/O)CCN(CC3CC3)[C@H](C2)[C@@H]1C. The summed E-state index contributed by atoms with van der Waals surface area (Å²) in [7, 11) is 1.73. The zero-order chi connectivity index (χ0) is 16.7. The van der Waals surface area contributed by atoms with Gasteiger partial charge in [-0.3, -0.25) is 4.90 Å². The Kier molecular flexibility index (Phi) is 4.03. The molecule has 4 nitrogen and oxygen atoms in total. The van der Waals surface area contributed by atoms with Crippen molar-refractivity contribution in [3.05, 3.63) is 29.3 Å². The van der Waals surface area contributed by atoms with E-state index in [0.717, 1.165) is 37.5 Å². The first-order valence-electron chi connectivity index (χ1n) is 9.25. The van der Waals surface area contributed by atoms with Crippen LogP contribution in [0.25, 0.3) is 0 Å². The number of rotatable bonds is 5. The quantitative estimate of drug-likeness (QED) is 0.511. The van der Waals surface area contributed by atoms with E-state index in [4.69, 9.17) is 9.94 Å². The number of methoxy groups -OCH3 is 1. The predicted octanol–water partition coefficient (Wildman–Crippen LogP) is 3.46. The van der Waals surface area contributed by atoms with Gasteiger partial charge in [0.2, 0.25) is 0 Å². The molecule has 24 heavy (non-hydrogen) atoms. The van der Waals surface area contributed by atoms with Crippen LogP contribution < -0.4 is 4.74 Å².